The maximum Gasteiger partial charge on any atom is 0.323 e. The maximum atomic E-state index is 14.3. The zero-order chi connectivity index (χ0) is 33.3. The first-order chi connectivity index (χ1) is 22.0. The lowest BCUT2D eigenvalue weighted by atomic mass is 10.0. The van der Waals surface area contributed by atoms with Crippen LogP contribution in [0.2, 0.25) is 0 Å². The molecule has 4 atom stereocenters. The number of thiophene rings is 1. The van der Waals surface area contributed by atoms with E-state index in [4.69, 9.17) is 9.47 Å². The summed E-state index contributed by atoms with van der Waals surface area (Å²) in [6.45, 7) is 6.00. The Bertz CT molecular complexity index is 1540. The third kappa shape index (κ3) is 9.29. The number of likely N-dealkylation sites (N-methyl/N-ethyl adjacent to an activating group) is 1. The van der Waals surface area contributed by atoms with Crippen molar-refractivity contribution in [1.82, 2.24) is 9.21 Å². The van der Waals surface area contributed by atoms with E-state index in [1.807, 2.05) is 32.0 Å². The van der Waals surface area contributed by atoms with Gasteiger partial charge in [0.15, 0.2) is 0 Å². The second kappa shape index (κ2) is 16.4. The molecule has 2 heterocycles. The molecule has 0 fully saturated rings. The van der Waals surface area contributed by atoms with Crippen molar-refractivity contribution in [2.24, 2.45) is 5.92 Å². The van der Waals surface area contributed by atoms with E-state index in [0.29, 0.717) is 30.2 Å². The minimum absolute atomic E-state index is 0.0949. The normalized spacial score (nSPS) is 20.7. The van der Waals surface area contributed by atoms with E-state index in [-0.39, 0.29) is 41.5 Å². The molecular weight excluding hydrogens is 629 g/mol. The third-order valence-electron chi connectivity index (χ3n) is 7.94. The molecule has 11 nitrogen and oxygen atoms in total. The average Bonchev–Trinajstić information content (AvgIpc) is 3.59. The molecule has 3 amide bonds. The van der Waals surface area contributed by atoms with Crippen molar-refractivity contribution in [3.8, 4) is 5.75 Å². The molecule has 0 saturated carbocycles. The lowest BCUT2D eigenvalue weighted by Crippen LogP contribution is -2.48. The summed E-state index contributed by atoms with van der Waals surface area (Å²) >= 11 is 1.16. The number of aliphatic hydroxyl groups is 1. The summed E-state index contributed by atoms with van der Waals surface area (Å²) in [4.78, 5) is 28.6. The Morgan fingerprint density at radius 2 is 1.83 bits per heavy atom. The first-order valence-corrected chi connectivity index (χ1v) is 17.8. The molecule has 0 bridgehead atoms. The number of sulfonamides is 1. The number of amides is 3. The number of hydrogen-bond acceptors (Lipinski definition) is 8. The van der Waals surface area contributed by atoms with Crippen LogP contribution in [0.25, 0.3) is 0 Å². The zero-order valence-corrected chi connectivity index (χ0v) is 28.4. The van der Waals surface area contributed by atoms with Crippen molar-refractivity contribution in [2.75, 3.05) is 44.0 Å². The highest BCUT2D eigenvalue weighted by Gasteiger charge is 2.32. The zero-order valence-electron chi connectivity index (χ0n) is 26.7. The summed E-state index contributed by atoms with van der Waals surface area (Å²) in [6, 6.07) is 16.2. The van der Waals surface area contributed by atoms with Gasteiger partial charge in [-0.05, 0) is 74.9 Å². The van der Waals surface area contributed by atoms with Gasteiger partial charge in [0.1, 0.15) is 9.96 Å². The monoisotopic (exact) mass is 672 g/mol. The minimum atomic E-state index is -3.71. The largest absolute Gasteiger partial charge is 0.490 e. The van der Waals surface area contributed by atoms with Crippen LogP contribution >= 0.6 is 11.3 Å². The van der Waals surface area contributed by atoms with Gasteiger partial charge in [-0.2, -0.15) is 4.31 Å². The van der Waals surface area contributed by atoms with Gasteiger partial charge in [-0.15, -0.1) is 11.3 Å². The average molecular weight is 673 g/mol. The van der Waals surface area contributed by atoms with Crippen molar-refractivity contribution in [3.63, 3.8) is 0 Å². The number of aliphatic hydroxyl groups excluding tert-OH is 1. The Kier molecular flexibility index (Phi) is 12.6. The lowest BCUT2D eigenvalue weighted by Gasteiger charge is -2.35. The van der Waals surface area contributed by atoms with Crippen molar-refractivity contribution in [1.29, 1.82) is 0 Å². The number of benzene rings is 2. The second-order valence-electron chi connectivity index (χ2n) is 11.7. The summed E-state index contributed by atoms with van der Waals surface area (Å²) in [5, 5.41) is 17.5. The Labute approximate surface area is 275 Å². The molecule has 1 aliphatic heterocycles. The SMILES string of the molecule is C[C@H](CO)N1C[C@H](C)[C@@H](CN(C)S(=O)(=O)c2cccs2)OCCCC[C@H](C)Oc2ccc(NC(=O)Nc3ccccc3)cc2C1=O. The number of fused-ring (bicyclic) bond motifs is 1. The van der Waals surface area contributed by atoms with Gasteiger partial charge >= 0.3 is 6.03 Å². The number of nitrogens with zero attached hydrogens (tertiary/aromatic N) is 2. The van der Waals surface area contributed by atoms with Gasteiger partial charge in [0.05, 0.1) is 30.4 Å². The van der Waals surface area contributed by atoms with Gasteiger partial charge in [-0.25, -0.2) is 13.2 Å². The van der Waals surface area contributed by atoms with Gasteiger partial charge < -0.3 is 30.1 Å². The molecule has 1 aliphatic rings. The highest BCUT2D eigenvalue weighted by atomic mass is 32.2. The fourth-order valence-electron chi connectivity index (χ4n) is 5.19. The van der Waals surface area contributed by atoms with Crippen molar-refractivity contribution in [3.05, 3.63) is 71.6 Å². The highest BCUT2D eigenvalue weighted by molar-refractivity contribution is 7.91. The van der Waals surface area contributed by atoms with E-state index < -0.39 is 34.1 Å². The van der Waals surface area contributed by atoms with Crippen molar-refractivity contribution < 1.29 is 32.6 Å². The molecule has 0 spiro atoms. The Balaban J connectivity index is 1.62. The topological polar surface area (TPSA) is 138 Å². The number of urea groups is 1. The molecule has 4 rings (SSSR count). The van der Waals surface area contributed by atoms with Gasteiger partial charge in [0.2, 0.25) is 0 Å². The Morgan fingerprint density at radius 1 is 1.09 bits per heavy atom. The number of carbonyl (C=O) groups is 2. The molecular formula is C33H44N4O7S2. The van der Waals surface area contributed by atoms with E-state index in [2.05, 4.69) is 10.6 Å². The van der Waals surface area contributed by atoms with E-state index in [9.17, 15) is 23.1 Å². The van der Waals surface area contributed by atoms with E-state index in [0.717, 1.165) is 24.2 Å². The van der Waals surface area contributed by atoms with Crippen molar-refractivity contribution in [2.45, 2.75) is 62.5 Å². The van der Waals surface area contributed by atoms with Gasteiger partial charge in [0, 0.05) is 44.0 Å². The number of nitrogens with one attached hydrogen (secondary N) is 2. The minimum Gasteiger partial charge on any atom is -0.490 e. The molecule has 13 heteroatoms. The summed E-state index contributed by atoms with van der Waals surface area (Å²) in [5.74, 6) is -0.317. The Hall–Kier alpha value is -3.49. The number of para-hydroxylation sites is 1. The van der Waals surface area contributed by atoms with E-state index in [1.54, 1.807) is 59.7 Å². The van der Waals surface area contributed by atoms with Crippen LogP contribution in [0.1, 0.15) is 50.4 Å². The smallest absolute Gasteiger partial charge is 0.323 e. The van der Waals surface area contributed by atoms with Crippen LogP contribution in [0.3, 0.4) is 0 Å². The summed E-state index contributed by atoms with van der Waals surface area (Å²) < 4.78 is 40.5. The predicted octanol–water partition coefficient (Wildman–Crippen LogP) is 5.51. The van der Waals surface area contributed by atoms with Gasteiger partial charge in [0.25, 0.3) is 15.9 Å². The highest BCUT2D eigenvalue weighted by Crippen LogP contribution is 2.29. The van der Waals surface area contributed by atoms with E-state index >= 15 is 0 Å². The fraction of sp³-hybridized carbons (Fsp3) is 0.455. The van der Waals surface area contributed by atoms with Crippen LogP contribution in [0.15, 0.2) is 70.3 Å². The molecule has 250 valence electrons. The van der Waals surface area contributed by atoms with E-state index in [1.165, 1.54) is 11.4 Å². The quantitative estimate of drug-likeness (QED) is 0.287. The summed E-state index contributed by atoms with van der Waals surface area (Å²) in [6.07, 6.45) is 1.53. The number of carbonyl (C=O) groups excluding carboxylic acids is 2. The second-order valence-corrected chi connectivity index (χ2v) is 14.9. The Morgan fingerprint density at radius 3 is 2.52 bits per heavy atom. The molecule has 3 aromatic rings. The molecule has 0 radical (unpaired) electrons. The van der Waals surface area contributed by atoms with Crippen LogP contribution in [0, 0.1) is 5.92 Å². The van der Waals surface area contributed by atoms with Gasteiger partial charge in [-0.1, -0.05) is 31.2 Å². The number of hydrogen-bond donors (Lipinski definition) is 3. The molecule has 0 unspecified atom stereocenters. The molecule has 1 aromatic heterocycles. The molecule has 0 saturated heterocycles. The summed E-state index contributed by atoms with van der Waals surface area (Å²) in [5.41, 5.74) is 1.25. The van der Waals surface area contributed by atoms with Gasteiger partial charge in [-0.3, -0.25) is 4.79 Å². The standard InChI is InChI=1S/C33H44N4O7S2/c1-23-20-37(24(2)22-38)32(39)28-19-27(35-33(40)34-26-12-6-5-7-13-26)15-16-29(28)44-25(3)11-8-9-17-43-30(23)21-36(4)46(41,42)31-14-10-18-45-31/h5-7,10,12-16,18-19,23-25,30,38H,8-9,11,17,20-22H2,1-4H3,(H2,34,35,40)/t23-,24+,25-,30+/m0/s1. The predicted molar refractivity (Wildman–Crippen MR) is 180 cm³/mol. The molecule has 0 aliphatic carbocycles. The van der Waals surface area contributed by atoms with Crippen LogP contribution < -0.4 is 15.4 Å². The third-order valence-corrected chi connectivity index (χ3v) is 11.1. The van der Waals surface area contributed by atoms with Crippen molar-refractivity contribution >= 4 is 44.7 Å². The van der Waals surface area contributed by atoms with Crippen LogP contribution in [-0.2, 0) is 14.8 Å². The molecule has 46 heavy (non-hydrogen) atoms. The molecule has 3 N–H and O–H groups in total. The number of ether oxygens (including phenoxy) is 2. The van der Waals surface area contributed by atoms with Crippen LogP contribution in [0.4, 0.5) is 16.2 Å². The van der Waals surface area contributed by atoms with Crippen LogP contribution in [0.5, 0.6) is 5.75 Å². The first-order valence-electron chi connectivity index (χ1n) is 15.5. The maximum absolute atomic E-state index is 14.3. The first kappa shape index (κ1) is 35.4. The number of anilines is 2. The fourth-order valence-corrected chi connectivity index (χ4v) is 7.58. The number of rotatable bonds is 8. The van der Waals surface area contributed by atoms with Crippen LogP contribution in [-0.4, -0.2) is 86.3 Å². The lowest BCUT2D eigenvalue weighted by molar-refractivity contribution is -0.00832. The summed E-state index contributed by atoms with van der Waals surface area (Å²) in [7, 11) is -2.18. The molecule has 2 aromatic carbocycles.